The molecule has 0 aliphatic heterocycles. The summed E-state index contributed by atoms with van der Waals surface area (Å²) < 4.78 is 24.9. The summed E-state index contributed by atoms with van der Waals surface area (Å²) in [6.07, 6.45) is 3.60. The first-order valence-corrected chi connectivity index (χ1v) is 6.84. The number of sulfonamides is 1. The average Bonchev–Trinajstić information content (AvgIpc) is 2.09. The maximum atomic E-state index is 11.2. The minimum atomic E-state index is -3.06. The van der Waals surface area contributed by atoms with Crippen LogP contribution in [0.3, 0.4) is 0 Å². The van der Waals surface area contributed by atoms with E-state index >= 15 is 0 Å². The smallest absolute Gasteiger partial charge is 0.211 e. The summed E-state index contributed by atoms with van der Waals surface area (Å²) in [5.41, 5.74) is 0. The largest absolute Gasteiger partial charge is 0.215 e. The van der Waals surface area contributed by atoms with E-state index < -0.39 is 10.0 Å². The molecule has 0 aromatic heterocycles. The first-order chi connectivity index (χ1) is 6.12. The van der Waals surface area contributed by atoms with Gasteiger partial charge in [0.15, 0.2) is 0 Å². The van der Waals surface area contributed by atoms with Gasteiger partial charge in [-0.2, -0.15) is 0 Å². The number of alkyl halides is 1. The van der Waals surface area contributed by atoms with Crippen LogP contribution >= 0.6 is 11.6 Å². The zero-order valence-corrected chi connectivity index (χ0v) is 9.62. The summed E-state index contributed by atoms with van der Waals surface area (Å²) in [4.78, 5) is 0. The van der Waals surface area contributed by atoms with Crippen molar-refractivity contribution in [1.29, 1.82) is 0 Å². The molecule has 0 rings (SSSR count). The molecule has 0 aliphatic carbocycles. The highest BCUT2D eigenvalue weighted by Gasteiger charge is 2.07. The lowest BCUT2D eigenvalue weighted by Gasteiger charge is -2.04. The third-order valence-electron chi connectivity index (χ3n) is 1.65. The molecule has 0 aliphatic rings. The van der Waals surface area contributed by atoms with Gasteiger partial charge in [0.25, 0.3) is 0 Å². The number of nitrogens with one attached hydrogen (secondary N) is 1. The lowest BCUT2D eigenvalue weighted by atomic mass is 10.3. The van der Waals surface area contributed by atoms with E-state index in [4.69, 9.17) is 11.6 Å². The van der Waals surface area contributed by atoms with Crippen molar-refractivity contribution in [3.8, 4) is 0 Å². The highest BCUT2D eigenvalue weighted by Crippen LogP contribution is 1.95. The van der Waals surface area contributed by atoms with Crippen molar-refractivity contribution in [2.24, 2.45) is 0 Å². The zero-order valence-electron chi connectivity index (χ0n) is 8.05. The molecule has 5 heteroatoms. The summed E-state index contributed by atoms with van der Waals surface area (Å²) in [5.74, 6) is 0.540. The van der Waals surface area contributed by atoms with Gasteiger partial charge in [-0.25, -0.2) is 13.1 Å². The van der Waals surface area contributed by atoms with Crippen LogP contribution in [0.15, 0.2) is 0 Å². The van der Waals surface area contributed by atoms with Gasteiger partial charge < -0.3 is 0 Å². The van der Waals surface area contributed by atoms with E-state index in [-0.39, 0.29) is 5.75 Å². The number of hydrogen-bond donors (Lipinski definition) is 1. The predicted octanol–water partition coefficient (Wildman–Crippen LogP) is 1.72. The van der Waals surface area contributed by atoms with E-state index in [9.17, 15) is 8.42 Å². The second-order valence-electron chi connectivity index (χ2n) is 2.96. The lowest BCUT2D eigenvalue weighted by molar-refractivity contribution is 0.575. The molecule has 1 N–H and O–H groups in total. The summed E-state index contributed by atoms with van der Waals surface area (Å²) in [5, 5.41) is 0. The van der Waals surface area contributed by atoms with Crippen molar-refractivity contribution in [2.45, 2.75) is 32.6 Å². The van der Waals surface area contributed by atoms with E-state index in [1.165, 1.54) is 0 Å². The predicted molar refractivity (Wildman–Crippen MR) is 56.7 cm³/mol. The standard InChI is InChI=1S/C8H18ClNO2S/c1-2-3-4-7-10-13(11,12)8-5-6-9/h10H,2-8H2,1H3. The molecule has 0 unspecified atom stereocenters. The Morgan fingerprint density at radius 1 is 1.23 bits per heavy atom. The summed E-state index contributed by atoms with van der Waals surface area (Å²) in [7, 11) is -3.06. The van der Waals surface area contributed by atoms with E-state index in [2.05, 4.69) is 11.6 Å². The molecule has 0 atom stereocenters. The fourth-order valence-electron chi connectivity index (χ4n) is 0.919. The van der Waals surface area contributed by atoms with Gasteiger partial charge in [-0.15, -0.1) is 11.6 Å². The van der Waals surface area contributed by atoms with Crippen molar-refractivity contribution in [2.75, 3.05) is 18.2 Å². The van der Waals surface area contributed by atoms with Gasteiger partial charge in [-0.1, -0.05) is 19.8 Å². The number of hydrogen-bond acceptors (Lipinski definition) is 2. The topological polar surface area (TPSA) is 46.2 Å². The van der Waals surface area contributed by atoms with Gasteiger partial charge in [0.2, 0.25) is 10.0 Å². The van der Waals surface area contributed by atoms with Crippen molar-refractivity contribution < 1.29 is 8.42 Å². The summed E-state index contributed by atoms with van der Waals surface area (Å²) >= 11 is 5.40. The van der Waals surface area contributed by atoms with Crippen LogP contribution in [0.25, 0.3) is 0 Å². The minimum Gasteiger partial charge on any atom is -0.215 e. The zero-order chi connectivity index (χ0) is 10.2. The molecule has 0 aromatic carbocycles. The Hall–Kier alpha value is 0.200. The molecule has 0 fully saturated rings. The molecule has 80 valence electrons. The van der Waals surface area contributed by atoms with Crippen LogP contribution in [0.4, 0.5) is 0 Å². The van der Waals surface area contributed by atoms with Crippen molar-refractivity contribution in [1.82, 2.24) is 4.72 Å². The molecule has 3 nitrogen and oxygen atoms in total. The van der Waals surface area contributed by atoms with Crippen LogP contribution in [0.5, 0.6) is 0 Å². The van der Waals surface area contributed by atoms with E-state index in [1.807, 2.05) is 0 Å². The van der Waals surface area contributed by atoms with Crippen LogP contribution in [-0.2, 0) is 10.0 Å². The van der Waals surface area contributed by atoms with Gasteiger partial charge in [0.05, 0.1) is 5.75 Å². The highest BCUT2D eigenvalue weighted by atomic mass is 35.5. The number of rotatable bonds is 8. The molecule has 0 heterocycles. The normalized spacial score (nSPS) is 11.8. The maximum absolute atomic E-state index is 11.2. The molecule has 13 heavy (non-hydrogen) atoms. The molecule has 0 aromatic rings. The Morgan fingerprint density at radius 3 is 2.46 bits per heavy atom. The molecule has 0 bridgehead atoms. The molecule has 0 amide bonds. The SMILES string of the molecule is CCCCCNS(=O)(=O)CCCCl. The van der Waals surface area contributed by atoms with E-state index in [0.29, 0.717) is 18.8 Å². The van der Waals surface area contributed by atoms with Gasteiger partial charge in [0, 0.05) is 12.4 Å². The first kappa shape index (κ1) is 13.2. The first-order valence-electron chi connectivity index (χ1n) is 4.65. The molecule has 0 saturated carbocycles. The second kappa shape index (κ2) is 7.59. The van der Waals surface area contributed by atoms with Crippen LogP contribution in [0, 0.1) is 0 Å². The fraction of sp³-hybridized carbons (Fsp3) is 1.00. The lowest BCUT2D eigenvalue weighted by Crippen LogP contribution is -2.27. The van der Waals surface area contributed by atoms with Crippen molar-refractivity contribution in [3.63, 3.8) is 0 Å². The average molecular weight is 228 g/mol. The van der Waals surface area contributed by atoms with Crippen molar-refractivity contribution >= 4 is 21.6 Å². The minimum absolute atomic E-state index is 0.141. The summed E-state index contributed by atoms with van der Waals surface area (Å²) in [6, 6.07) is 0. The Kier molecular flexibility index (Phi) is 7.71. The number of halogens is 1. The molecular formula is C8H18ClNO2S. The molecule has 0 saturated heterocycles. The van der Waals surface area contributed by atoms with Gasteiger partial charge in [-0.3, -0.25) is 0 Å². The second-order valence-corrected chi connectivity index (χ2v) is 5.27. The van der Waals surface area contributed by atoms with Gasteiger partial charge in [0.1, 0.15) is 0 Å². The van der Waals surface area contributed by atoms with Crippen molar-refractivity contribution in [3.05, 3.63) is 0 Å². The Morgan fingerprint density at radius 2 is 1.92 bits per heavy atom. The Bertz CT molecular complexity index is 204. The monoisotopic (exact) mass is 227 g/mol. The quantitative estimate of drug-likeness (QED) is 0.507. The van der Waals surface area contributed by atoms with Gasteiger partial charge >= 0.3 is 0 Å². The maximum Gasteiger partial charge on any atom is 0.211 e. The molecule has 0 spiro atoms. The Balaban J connectivity index is 3.52. The highest BCUT2D eigenvalue weighted by molar-refractivity contribution is 7.89. The fourth-order valence-corrected chi connectivity index (χ4v) is 2.34. The third-order valence-corrected chi connectivity index (χ3v) is 3.39. The molecular weight excluding hydrogens is 210 g/mol. The van der Waals surface area contributed by atoms with Crippen LogP contribution in [-0.4, -0.2) is 26.6 Å². The van der Waals surface area contributed by atoms with Crippen LogP contribution < -0.4 is 4.72 Å². The molecule has 0 radical (unpaired) electrons. The third kappa shape index (κ3) is 8.53. The van der Waals surface area contributed by atoms with E-state index in [1.54, 1.807) is 0 Å². The van der Waals surface area contributed by atoms with Gasteiger partial charge in [-0.05, 0) is 12.8 Å². The number of unbranched alkanes of at least 4 members (excludes halogenated alkanes) is 2. The Labute approximate surface area is 85.9 Å². The van der Waals surface area contributed by atoms with E-state index in [0.717, 1.165) is 19.3 Å². The van der Waals surface area contributed by atoms with Crippen LogP contribution in [0.1, 0.15) is 32.6 Å². The summed E-state index contributed by atoms with van der Waals surface area (Å²) in [6.45, 7) is 2.64. The van der Waals surface area contributed by atoms with Crippen LogP contribution in [0.2, 0.25) is 0 Å².